The largest absolute Gasteiger partial charge is 0.508 e. The molecule has 0 aliphatic rings. The molecule has 0 unspecified atom stereocenters. The van der Waals surface area contributed by atoms with Gasteiger partial charge >= 0.3 is 6.18 Å². The van der Waals surface area contributed by atoms with Gasteiger partial charge in [-0.25, -0.2) is 0 Å². The first-order valence-electron chi connectivity index (χ1n) is 6.88. The second-order valence-electron chi connectivity index (χ2n) is 5.14. The molecule has 0 atom stereocenters. The maximum absolute atomic E-state index is 13.3. The van der Waals surface area contributed by atoms with Gasteiger partial charge in [0.25, 0.3) is 5.76 Å². The van der Waals surface area contributed by atoms with E-state index in [1.165, 1.54) is 18.2 Å². The highest BCUT2D eigenvalue weighted by Gasteiger charge is 2.40. The Balaban J connectivity index is 2.29. The van der Waals surface area contributed by atoms with Gasteiger partial charge in [0.15, 0.2) is 0 Å². The van der Waals surface area contributed by atoms with Crippen molar-refractivity contribution < 1.29 is 27.4 Å². The molecule has 0 aliphatic heterocycles. The topological polar surface area (TPSA) is 59.7 Å². The lowest BCUT2D eigenvalue weighted by Crippen LogP contribution is -2.15. The molecule has 0 saturated carbocycles. The molecule has 1 N–H and O–H groups in total. The molecule has 0 saturated heterocycles. The zero-order chi connectivity index (χ0) is 17.5. The Hall–Kier alpha value is -2.96. The van der Waals surface area contributed by atoms with Crippen LogP contribution < -0.4 is 10.2 Å². The highest BCUT2D eigenvalue weighted by Crippen LogP contribution is 2.39. The van der Waals surface area contributed by atoms with Gasteiger partial charge in [-0.05, 0) is 30.7 Å². The molecule has 124 valence electrons. The van der Waals surface area contributed by atoms with E-state index in [4.69, 9.17) is 9.15 Å². The van der Waals surface area contributed by atoms with Crippen LogP contribution in [0.3, 0.4) is 0 Å². The fourth-order valence-corrected chi connectivity index (χ4v) is 2.22. The Kier molecular flexibility index (Phi) is 3.71. The van der Waals surface area contributed by atoms with Gasteiger partial charge in [-0.2, -0.15) is 13.2 Å². The molecule has 1 heterocycles. The van der Waals surface area contributed by atoms with Crippen molar-refractivity contribution in [3.05, 3.63) is 64.0 Å². The van der Waals surface area contributed by atoms with Crippen LogP contribution in [0.2, 0.25) is 0 Å². The molecule has 4 nitrogen and oxygen atoms in total. The molecule has 0 amide bonds. The summed E-state index contributed by atoms with van der Waals surface area (Å²) < 4.78 is 49.9. The van der Waals surface area contributed by atoms with Gasteiger partial charge < -0.3 is 14.3 Å². The van der Waals surface area contributed by atoms with Crippen LogP contribution in [-0.2, 0) is 6.18 Å². The van der Waals surface area contributed by atoms with Crippen LogP contribution in [0.1, 0.15) is 11.3 Å². The third-order valence-electron chi connectivity index (χ3n) is 3.40. The molecule has 2 aromatic carbocycles. The SMILES string of the molecule is Cc1ccccc1Oc1c(C(F)(F)F)oc2cc(O)ccc2c1=O. The Labute approximate surface area is 133 Å². The summed E-state index contributed by atoms with van der Waals surface area (Å²) in [5.41, 5.74) is -0.771. The Morgan fingerprint density at radius 1 is 1.12 bits per heavy atom. The van der Waals surface area contributed by atoms with E-state index in [0.29, 0.717) is 5.56 Å². The smallest absolute Gasteiger partial charge is 0.453 e. The van der Waals surface area contributed by atoms with Crippen molar-refractivity contribution in [3.63, 3.8) is 0 Å². The number of benzene rings is 2. The lowest BCUT2D eigenvalue weighted by Gasteiger charge is -2.14. The summed E-state index contributed by atoms with van der Waals surface area (Å²) in [4.78, 5) is 12.5. The van der Waals surface area contributed by atoms with Crippen LogP contribution in [-0.4, -0.2) is 5.11 Å². The van der Waals surface area contributed by atoms with E-state index in [1.54, 1.807) is 25.1 Å². The van der Waals surface area contributed by atoms with E-state index in [-0.39, 0.29) is 22.5 Å². The number of hydrogen-bond acceptors (Lipinski definition) is 4. The minimum absolute atomic E-state index is 0.119. The second-order valence-corrected chi connectivity index (χ2v) is 5.14. The summed E-state index contributed by atoms with van der Waals surface area (Å²) >= 11 is 0. The van der Waals surface area contributed by atoms with Crippen molar-refractivity contribution in [3.8, 4) is 17.2 Å². The van der Waals surface area contributed by atoms with Gasteiger partial charge in [-0.3, -0.25) is 4.79 Å². The van der Waals surface area contributed by atoms with Crippen molar-refractivity contribution >= 4 is 11.0 Å². The Morgan fingerprint density at radius 3 is 2.50 bits per heavy atom. The van der Waals surface area contributed by atoms with Crippen molar-refractivity contribution in [1.29, 1.82) is 0 Å². The first-order valence-corrected chi connectivity index (χ1v) is 6.88. The lowest BCUT2D eigenvalue weighted by molar-refractivity contribution is -0.154. The number of aryl methyl sites for hydroxylation is 1. The Bertz CT molecular complexity index is 974. The molecular weight excluding hydrogens is 325 g/mol. The number of ether oxygens (including phenoxy) is 1. The van der Waals surface area contributed by atoms with Crippen molar-refractivity contribution in [2.24, 2.45) is 0 Å². The standard InChI is InChI=1S/C17H11F3O4/c1-9-4-2-3-5-12(9)23-15-14(22)11-7-6-10(21)8-13(11)24-16(15)17(18,19)20/h2-8,21H,1H3. The van der Waals surface area contributed by atoms with Crippen LogP contribution >= 0.6 is 0 Å². The molecule has 24 heavy (non-hydrogen) atoms. The maximum Gasteiger partial charge on any atom is 0.453 e. The fraction of sp³-hybridized carbons (Fsp3) is 0.118. The summed E-state index contributed by atoms with van der Waals surface area (Å²) in [6, 6.07) is 9.68. The first kappa shape index (κ1) is 15.9. The number of aromatic hydroxyl groups is 1. The van der Waals surface area contributed by atoms with E-state index in [9.17, 15) is 23.1 Å². The maximum atomic E-state index is 13.3. The van der Waals surface area contributed by atoms with Crippen molar-refractivity contribution in [2.45, 2.75) is 13.1 Å². The molecule has 0 aliphatic carbocycles. The quantitative estimate of drug-likeness (QED) is 0.742. The minimum Gasteiger partial charge on any atom is -0.508 e. The van der Waals surface area contributed by atoms with Gasteiger partial charge in [-0.15, -0.1) is 0 Å². The average Bonchev–Trinajstić information content (AvgIpc) is 2.50. The Morgan fingerprint density at radius 2 is 1.83 bits per heavy atom. The van der Waals surface area contributed by atoms with E-state index >= 15 is 0 Å². The van der Waals surface area contributed by atoms with Crippen molar-refractivity contribution in [1.82, 2.24) is 0 Å². The van der Waals surface area contributed by atoms with Gasteiger partial charge in [-0.1, -0.05) is 18.2 Å². The second kappa shape index (κ2) is 5.59. The number of rotatable bonds is 2. The summed E-state index contributed by atoms with van der Waals surface area (Å²) in [5.74, 6) is -2.68. The molecule has 0 radical (unpaired) electrons. The lowest BCUT2D eigenvalue weighted by atomic mass is 10.2. The summed E-state index contributed by atoms with van der Waals surface area (Å²) in [6.07, 6.45) is -4.93. The van der Waals surface area contributed by atoms with Crippen LogP contribution in [0.5, 0.6) is 17.2 Å². The summed E-state index contributed by atoms with van der Waals surface area (Å²) in [5, 5.41) is 9.26. The van der Waals surface area contributed by atoms with Gasteiger partial charge in [0.2, 0.25) is 11.2 Å². The highest BCUT2D eigenvalue weighted by atomic mass is 19.4. The predicted octanol–water partition coefficient (Wildman–Crippen LogP) is 4.62. The monoisotopic (exact) mass is 336 g/mol. The number of para-hydroxylation sites is 1. The van der Waals surface area contributed by atoms with Crippen LogP contribution in [0.4, 0.5) is 13.2 Å². The number of phenolic OH excluding ortho intramolecular Hbond substituents is 1. The average molecular weight is 336 g/mol. The molecule has 7 heteroatoms. The molecule has 3 aromatic rings. The minimum atomic E-state index is -4.93. The van der Waals surface area contributed by atoms with E-state index in [2.05, 4.69) is 0 Å². The number of phenols is 1. The predicted molar refractivity (Wildman–Crippen MR) is 80.4 cm³/mol. The molecule has 0 bridgehead atoms. The van der Waals surface area contributed by atoms with Crippen molar-refractivity contribution in [2.75, 3.05) is 0 Å². The number of alkyl halides is 3. The molecular formula is C17H11F3O4. The van der Waals surface area contributed by atoms with Crippen LogP contribution in [0.25, 0.3) is 11.0 Å². The number of hydrogen-bond donors (Lipinski definition) is 1. The third kappa shape index (κ3) is 2.80. The highest BCUT2D eigenvalue weighted by molar-refractivity contribution is 5.79. The van der Waals surface area contributed by atoms with E-state index in [1.807, 2.05) is 0 Å². The zero-order valence-corrected chi connectivity index (χ0v) is 12.3. The number of halogens is 3. The van der Waals surface area contributed by atoms with Gasteiger partial charge in [0.1, 0.15) is 17.1 Å². The zero-order valence-electron chi connectivity index (χ0n) is 12.3. The third-order valence-corrected chi connectivity index (χ3v) is 3.40. The molecule has 0 spiro atoms. The van der Waals surface area contributed by atoms with Gasteiger partial charge in [0.05, 0.1) is 5.39 Å². The van der Waals surface area contributed by atoms with Crippen LogP contribution in [0.15, 0.2) is 51.7 Å². The molecule has 1 aromatic heterocycles. The normalized spacial score (nSPS) is 11.7. The molecule has 0 fully saturated rings. The van der Waals surface area contributed by atoms with Crippen LogP contribution in [0, 0.1) is 6.92 Å². The van der Waals surface area contributed by atoms with E-state index in [0.717, 1.165) is 6.07 Å². The van der Waals surface area contributed by atoms with E-state index < -0.39 is 23.1 Å². The fourth-order valence-electron chi connectivity index (χ4n) is 2.22. The first-order chi connectivity index (χ1) is 11.3. The number of fused-ring (bicyclic) bond motifs is 1. The summed E-state index contributed by atoms with van der Waals surface area (Å²) in [7, 11) is 0. The van der Waals surface area contributed by atoms with Gasteiger partial charge in [0, 0.05) is 6.07 Å². The molecule has 3 rings (SSSR count). The summed E-state index contributed by atoms with van der Waals surface area (Å²) in [6.45, 7) is 1.64.